The van der Waals surface area contributed by atoms with Gasteiger partial charge in [-0.3, -0.25) is 0 Å². The molecule has 1 heterocycles. The summed E-state index contributed by atoms with van der Waals surface area (Å²) in [6.07, 6.45) is 0.961. The van der Waals surface area contributed by atoms with Gasteiger partial charge in [0, 0.05) is 16.6 Å². The standard InChI is InChI=1S/C16H15BBrNO2/c17-21-15-8-14(18)12-6-7-19-9-13(12)16(15)20-10-11-4-2-1-3-5-11/h1-5,8,19H,6-7,9-10H2. The quantitative estimate of drug-likeness (QED) is 0.865. The number of nitrogens with one attached hydrogen (secondary N) is 1. The largest absolute Gasteiger partial charge is 0.565 e. The van der Waals surface area contributed by atoms with E-state index >= 15 is 0 Å². The Morgan fingerprint density at radius 3 is 2.76 bits per heavy atom. The van der Waals surface area contributed by atoms with Crippen LogP contribution in [-0.4, -0.2) is 14.6 Å². The van der Waals surface area contributed by atoms with E-state index in [-0.39, 0.29) is 0 Å². The van der Waals surface area contributed by atoms with Gasteiger partial charge in [0.25, 0.3) is 0 Å². The lowest BCUT2D eigenvalue weighted by molar-refractivity contribution is 0.292. The topological polar surface area (TPSA) is 30.5 Å². The van der Waals surface area contributed by atoms with Gasteiger partial charge < -0.3 is 14.7 Å². The van der Waals surface area contributed by atoms with E-state index in [1.54, 1.807) is 0 Å². The molecule has 0 atom stereocenters. The molecule has 3 rings (SSSR count). The van der Waals surface area contributed by atoms with Gasteiger partial charge in [-0.15, -0.1) is 0 Å². The number of halogens is 1. The minimum Gasteiger partial charge on any atom is -0.565 e. The summed E-state index contributed by atoms with van der Waals surface area (Å²) in [4.78, 5) is 0. The number of hydrogen-bond acceptors (Lipinski definition) is 3. The summed E-state index contributed by atoms with van der Waals surface area (Å²) in [5.41, 5.74) is 3.49. The third-order valence-electron chi connectivity index (χ3n) is 3.61. The van der Waals surface area contributed by atoms with Crippen LogP contribution in [0.2, 0.25) is 0 Å². The Morgan fingerprint density at radius 2 is 2.00 bits per heavy atom. The molecule has 0 aromatic heterocycles. The van der Waals surface area contributed by atoms with Crippen molar-refractivity contribution in [1.29, 1.82) is 0 Å². The molecular weight excluding hydrogens is 329 g/mol. The van der Waals surface area contributed by atoms with E-state index in [9.17, 15) is 0 Å². The molecule has 1 aliphatic heterocycles. The average Bonchev–Trinajstić information content (AvgIpc) is 2.55. The summed E-state index contributed by atoms with van der Waals surface area (Å²) in [6.45, 7) is 2.22. The fraction of sp³-hybridized carbons (Fsp3) is 0.250. The van der Waals surface area contributed by atoms with Gasteiger partial charge in [-0.05, 0) is 30.2 Å². The molecule has 1 N–H and O–H groups in total. The Balaban J connectivity index is 1.92. The summed E-state index contributed by atoms with van der Waals surface area (Å²) in [5, 5.41) is 3.36. The van der Waals surface area contributed by atoms with Crippen LogP contribution in [0.4, 0.5) is 0 Å². The molecule has 1 aliphatic rings. The number of hydrogen-bond donors (Lipinski definition) is 1. The minimum atomic E-state index is 0.491. The molecule has 0 unspecified atom stereocenters. The fourth-order valence-corrected chi connectivity index (χ4v) is 3.20. The fourth-order valence-electron chi connectivity index (χ4n) is 2.56. The van der Waals surface area contributed by atoms with Crippen molar-refractivity contribution in [3.05, 3.63) is 57.6 Å². The zero-order valence-electron chi connectivity index (χ0n) is 11.6. The molecular formula is C16H15BBrNO2. The van der Waals surface area contributed by atoms with Crippen LogP contribution in [0.5, 0.6) is 11.5 Å². The van der Waals surface area contributed by atoms with Gasteiger partial charge in [0.15, 0.2) is 5.75 Å². The smallest absolute Gasteiger partial charge is 0.374 e. The highest BCUT2D eigenvalue weighted by atomic mass is 79.9. The first-order valence-electron chi connectivity index (χ1n) is 6.88. The molecule has 0 amide bonds. The van der Waals surface area contributed by atoms with Gasteiger partial charge in [0.05, 0.1) is 0 Å². The second-order valence-electron chi connectivity index (χ2n) is 4.96. The number of ether oxygens (including phenoxy) is 1. The molecule has 2 radical (unpaired) electrons. The first-order chi connectivity index (χ1) is 10.3. The van der Waals surface area contributed by atoms with Crippen molar-refractivity contribution in [3.8, 4) is 11.5 Å². The lowest BCUT2D eigenvalue weighted by Crippen LogP contribution is -2.25. The highest BCUT2D eigenvalue weighted by Crippen LogP contribution is 2.40. The van der Waals surface area contributed by atoms with Crippen LogP contribution >= 0.6 is 15.9 Å². The summed E-state index contributed by atoms with van der Waals surface area (Å²) in [7, 11) is 5.40. The van der Waals surface area contributed by atoms with Crippen LogP contribution in [0.3, 0.4) is 0 Å². The molecule has 106 valence electrons. The summed E-state index contributed by atoms with van der Waals surface area (Å²) in [5.74, 6) is 1.28. The number of rotatable bonds is 4. The highest BCUT2D eigenvalue weighted by molar-refractivity contribution is 9.10. The maximum Gasteiger partial charge on any atom is 0.374 e. The molecule has 5 heteroatoms. The summed E-state index contributed by atoms with van der Waals surface area (Å²) >= 11 is 3.58. The summed E-state index contributed by atoms with van der Waals surface area (Å²) in [6, 6.07) is 11.9. The van der Waals surface area contributed by atoms with Gasteiger partial charge in [0.2, 0.25) is 0 Å². The van der Waals surface area contributed by atoms with Crippen molar-refractivity contribution in [2.75, 3.05) is 6.54 Å². The van der Waals surface area contributed by atoms with E-state index in [2.05, 4.69) is 21.2 Å². The van der Waals surface area contributed by atoms with Crippen LogP contribution in [0.15, 0.2) is 40.9 Å². The average molecular weight is 344 g/mol. The Morgan fingerprint density at radius 1 is 1.19 bits per heavy atom. The van der Waals surface area contributed by atoms with Gasteiger partial charge in [-0.25, -0.2) is 0 Å². The van der Waals surface area contributed by atoms with Crippen LogP contribution in [0.25, 0.3) is 0 Å². The van der Waals surface area contributed by atoms with Crippen molar-refractivity contribution in [1.82, 2.24) is 5.32 Å². The third kappa shape index (κ3) is 3.09. The van der Waals surface area contributed by atoms with Crippen molar-refractivity contribution in [2.45, 2.75) is 19.6 Å². The van der Waals surface area contributed by atoms with E-state index in [1.807, 2.05) is 36.4 Å². The first-order valence-corrected chi connectivity index (χ1v) is 7.67. The molecule has 0 spiro atoms. The Kier molecular flexibility index (Phi) is 4.51. The van der Waals surface area contributed by atoms with E-state index < -0.39 is 0 Å². The number of fused-ring (bicyclic) bond motifs is 1. The Labute approximate surface area is 134 Å². The van der Waals surface area contributed by atoms with Crippen molar-refractivity contribution in [2.24, 2.45) is 0 Å². The van der Waals surface area contributed by atoms with Crippen molar-refractivity contribution < 1.29 is 9.39 Å². The zero-order valence-corrected chi connectivity index (χ0v) is 13.2. The molecule has 2 aromatic carbocycles. The minimum absolute atomic E-state index is 0.491. The Bertz CT molecular complexity index is 634. The van der Waals surface area contributed by atoms with Gasteiger partial charge in [-0.2, -0.15) is 0 Å². The van der Waals surface area contributed by atoms with E-state index in [0.29, 0.717) is 12.4 Å². The van der Waals surface area contributed by atoms with Crippen molar-refractivity contribution >= 4 is 24.0 Å². The van der Waals surface area contributed by atoms with Crippen molar-refractivity contribution in [3.63, 3.8) is 0 Å². The van der Waals surface area contributed by atoms with Gasteiger partial charge >= 0.3 is 8.05 Å². The van der Waals surface area contributed by atoms with E-state index in [1.165, 1.54) is 5.56 Å². The Hall–Kier alpha value is -1.46. The SMILES string of the molecule is [B]Oc1cc(Br)c2c(c1OCc1ccccc1)CNCC2. The monoisotopic (exact) mass is 343 g/mol. The molecule has 3 nitrogen and oxygen atoms in total. The number of benzene rings is 2. The molecule has 0 aliphatic carbocycles. The van der Waals surface area contributed by atoms with Crippen LogP contribution in [0.1, 0.15) is 16.7 Å². The second kappa shape index (κ2) is 6.54. The normalized spacial score (nSPS) is 13.6. The van der Waals surface area contributed by atoms with E-state index in [4.69, 9.17) is 17.4 Å². The lowest BCUT2D eigenvalue weighted by Gasteiger charge is -2.24. The third-order valence-corrected chi connectivity index (χ3v) is 4.32. The van der Waals surface area contributed by atoms with Gasteiger partial charge in [-0.1, -0.05) is 46.3 Å². The predicted molar refractivity (Wildman–Crippen MR) is 86.7 cm³/mol. The van der Waals surface area contributed by atoms with E-state index in [0.717, 1.165) is 40.9 Å². The zero-order chi connectivity index (χ0) is 14.7. The maximum atomic E-state index is 6.00. The molecule has 21 heavy (non-hydrogen) atoms. The first kappa shape index (κ1) is 14.5. The molecule has 0 fully saturated rings. The van der Waals surface area contributed by atoms with Crippen LogP contribution < -0.4 is 14.7 Å². The molecule has 0 saturated carbocycles. The highest BCUT2D eigenvalue weighted by Gasteiger charge is 2.21. The molecule has 0 saturated heterocycles. The predicted octanol–water partition coefficient (Wildman–Crippen LogP) is 3.14. The maximum absolute atomic E-state index is 6.00. The molecule has 0 bridgehead atoms. The van der Waals surface area contributed by atoms with Crippen LogP contribution in [0, 0.1) is 0 Å². The second-order valence-corrected chi connectivity index (χ2v) is 5.82. The van der Waals surface area contributed by atoms with Gasteiger partial charge in [0.1, 0.15) is 12.4 Å². The molecule has 2 aromatic rings. The van der Waals surface area contributed by atoms with Crippen LogP contribution in [-0.2, 0) is 19.6 Å². The summed E-state index contributed by atoms with van der Waals surface area (Å²) < 4.78 is 12.0. The lowest BCUT2D eigenvalue weighted by atomic mass is 9.99.